The van der Waals surface area contributed by atoms with Gasteiger partial charge in [-0.3, -0.25) is 15.0 Å². The van der Waals surface area contributed by atoms with E-state index in [0.29, 0.717) is 6.04 Å². The van der Waals surface area contributed by atoms with Crippen LogP contribution in [0.5, 0.6) is 0 Å². The van der Waals surface area contributed by atoms with Crippen molar-refractivity contribution in [3.63, 3.8) is 0 Å². The van der Waals surface area contributed by atoms with E-state index in [1.807, 2.05) is 6.07 Å². The average Bonchev–Trinajstić information content (AvgIpc) is 3.24. The van der Waals surface area contributed by atoms with Gasteiger partial charge in [0.05, 0.1) is 4.92 Å². The number of halogens is 1. The Morgan fingerprint density at radius 2 is 2.05 bits per heavy atom. The van der Waals surface area contributed by atoms with E-state index in [-0.39, 0.29) is 10.7 Å². The predicted molar refractivity (Wildman–Crippen MR) is 74.3 cm³/mol. The van der Waals surface area contributed by atoms with Gasteiger partial charge < -0.3 is 0 Å². The molecule has 0 spiro atoms. The van der Waals surface area contributed by atoms with Gasteiger partial charge in [0.25, 0.3) is 5.69 Å². The Morgan fingerprint density at radius 1 is 1.32 bits per heavy atom. The second kappa shape index (κ2) is 5.10. The fraction of sp³-hybridized carbons (Fsp3) is 0.571. The summed E-state index contributed by atoms with van der Waals surface area (Å²) < 4.78 is 0. The Kier molecular flexibility index (Phi) is 3.46. The van der Waals surface area contributed by atoms with Gasteiger partial charge in [0.2, 0.25) is 0 Å². The predicted octanol–water partition coefficient (Wildman–Crippen LogP) is 3.62. The molecule has 2 aliphatic rings. The van der Waals surface area contributed by atoms with Crippen LogP contribution in [0.4, 0.5) is 5.69 Å². The lowest BCUT2D eigenvalue weighted by Gasteiger charge is -2.21. The molecule has 0 atom stereocenters. The molecule has 0 heterocycles. The minimum absolute atomic E-state index is 0.0151. The molecule has 0 unspecified atom stereocenters. The van der Waals surface area contributed by atoms with Crippen molar-refractivity contribution in [2.45, 2.75) is 38.3 Å². The minimum Gasteiger partial charge on any atom is -0.296 e. The second-order valence-electron chi connectivity index (χ2n) is 5.65. The molecule has 0 radical (unpaired) electrons. The van der Waals surface area contributed by atoms with Crippen LogP contribution < -0.4 is 0 Å². The van der Waals surface area contributed by atoms with Gasteiger partial charge in [-0.25, -0.2) is 0 Å². The highest BCUT2D eigenvalue weighted by molar-refractivity contribution is 6.32. The van der Waals surface area contributed by atoms with E-state index < -0.39 is 4.92 Å². The minimum atomic E-state index is -0.409. The van der Waals surface area contributed by atoms with E-state index in [9.17, 15) is 10.1 Å². The highest BCUT2D eigenvalue weighted by Crippen LogP contribution is 2.36. The molecule has 3 rings (SSSR count). The highest BCUT2D eigenvalue weighted by Gasteiger charge is 2.33. The van der Waals surface area contributed by atoms with Crippen LogP contribution in [0.1, 0.15) is 31.2 Å². The van der Waals surface area contributed by atoms with E-state index in [2.05, 4.69) is 4.90 Å². The van der Waals surface area contributed by atoms with E-state index in [0.717, 1.165) is 24.6 Å². The fourth-order valence-corrected chi connectivity index (χ4v) is 2.63. The van der Waals surface area contributed by atoms with Gasteiger partial charge in [-0.2, -0.15) is 0 Å². The third-order valence-corrected chi connectivity index (χ3v) is 4.17. The number of nitro benzene ring substituents is 1. The Balaban J connectivity index is 1.73. The molecule has 2 saturated carbocycles. The Hall–Kier alpha value is -1.13. The molecule has 0 amide bonds. The quantitative estimate of drug-likeness (QED) is 0.590. The summed E-state index contributed by atoms with van der Waals surface area (Å²) in [6, 6.07) is 5.84. The molecule has 0 aromatic heterocycles. The molecule has 0 aliphatic heterocycles. The summed E-state index contributed by atoms with van der Waals surface area (Å²) in [5.74, 6) is 0.850. The lowest BCUT2D eigenvalue weighted by Crippen LogP contribution is -2.27. The SMILES string of the molecule is O=[N+]([O-])c1cc(CN(CC2CC2)C2CC2)ccc1Cl. The Bertz CT molecular complexity index is 498. The third-order valence-electron chi connectivity index (χ3n) is 3.85. The maximum atomic E-state index is 10.9. The van der Waals surface area contributed by atoms with Crippen LogP contribution in [-0.4, -0.2) is 22.4 Å². The Labute approximate surface area is 117 Å². The Morgan fingerprint density at radius 3 is 2.63 bits per heavy atom. The zero-order chi connectivity index (χ0) is 13.4. The zero-order valence-corrected chi connectivity index (χ0v) is 11.5. The second-order valence-corrected chi connectivity index (χ2v) is 6.05. The van der Waals surface area contributed by atoms with E-state index in [1.165, 1.54) is 25.7 Å². The molecule has 4 nitrogen and oxygen atoms in total. The summed E-state index contributed by atoms with van der Waals surface area (Å²) in [5, 5.41) is 11.1. The van der Waals surface area contributed by atoms with Gasteiger partial charge in [0, 0.05) is 25.2 Å². The molecule has 5 heteroatoms. The molecule has 0 N–H and O–H groups in total. The molecule has 0 saturated heterocycles. The standard InChI is InChI=1S/C14H17ClN2O2/c15-13-6-3-11(7-14(13)17(18)19)9-16(12-4-5-12)8-10-1-2-10/h3,6-7,10,12H,1-2,4-5,8-9H2. The number of nitrogens with zero attached hydrogens (tertiary/aromatic N) is 2. The van der Waals surface area contributed by atoms with Crippen molar-refractivity contribution in [1.82, 2.24) is 4.90 Å². The van der Waals surface area contributed by atoms with Crippen LogP contribution in [-0.2, 0) is 6.54 Å². The van der Waals surface area contributed by atoms with Crippen molar-refractivity contribution in [1.29, 1.82) is 0 Å². The van der Waals surface area contributed by atoms with Crippen molar-refractivity contribution in [3.05, 3.63) is 38.9 Å². The lowest BCUT2D eigenvalue weighted by atomic mass is 10.1. The summed E-state index contributed by atoms with van der Waals surface area (Å²) in [6.07, 6.45) is 5.21. The van der Waals surface area contributed by atoms with Crippen molar-refractivity contribution in [3.8, 4) is 0 Å². The van der Waals surface area contributed by atoms with Gasteiger partial charge in [-0.15, -0.1) is 0 Å². The monoisotopic (exact) mass is 280 g/mol. The first-order valence-corrected chi connectivity index (χ1v) is 7.18. The normalized spacial score (nSPS) is 18.8. The largest absolute Gasteiger partial charge is 0.296 e. The van der Waals surface area contributed by atoms with Crippen molar-refractivity contribution < 1.29 is 4.92 Å². The first-order valence-electron chi connectivity index (χ1n) is 6.80. The van der Waals surface area contributed by atoms with Crippen LogP contribution in [0.3, 0.4) is 0 Å². The summed E-state index contributed by atoms with van der Waals surface area (Å²) >= 11 is 5.84. The van der Waals surface area contributed by atoms with Gasteiger partial charge in [0.1, 0.15) is 5.02 Å². The average molecular weight is 281 g/mol. The van der Waals surface area contributed by atoms with Crippen LogP contribution in [0.15, 0.2) is 18.2 Å². The molecule has 1 aromatic carbocycles. The lowest BCUT2D eigenvalue weighted by molar-refractivity contribution is -0.384. The van der Waals surface area contributed by atoms with Crippen LogP contribution in [0.2, 0.25) is 5.02 Å². The number of rotatable bonds is 6. The van der Waals surface area contributed by atoms with Crippen molar-refractivity contribution in [2.24, 2.45) is 5.92 Å². The molecular formula is C14H17ClN2O2. The van der Waals surface area contributed by atoms with Crippen molar-refractivity contribution in [2.75, 3.05) is 6.54 Å². The van der Waals surface area contributed by atoms with Gasteiger partial charge >= 0.3 is 0 Å². The number of benzene rings is 1. The van der Waals surface area contributed by atoms with Crippen LogP contribution >= 0.6 is 11.6 Å². The molecule has 1 aromatic rings. The fourth-order valence-electron chi connectivity index (χ4n) is 2.45. The van der Waals surface area contributed by atoms with Crippen LogP contribution in [0, 0.1) is 16.0 Å². The van der Waals surface area contributed by atoms with Crippen LogP contribution in [0.25, 0.3) is 0 Å². The van der Waals surface area contributed by atoms with E-state index >= 15 is 0 Å². The number of hydrogen-bond donors (Lipinski definition) is 0. The maximum Gasteiger partial charge on any atom is 0.288 e. The molecular weight excluding hydrogens is 264 g/mol. The highest BCUT2D eigenvalue weighted by atomic mass is 35.5. The van der Waals surface area contributed by atoms with Crippen molar-refractivity contribution >= 4 is 17.3 Å². The summed E-state index contributed by atoms with van der Waals surface area (Å²) in [7, 11) is 0. The third kappa shape index (κ3) is 3.25. The topological polar surface area (TPSA) is 46.4 Å². The molecule has 2 fully saturated rings. The first-order chi connectivity index (χ1) is 9.13. The van der Waals surface area contributed by atoms with Gasteiger partial charge in [-0.05, 0) is 43.2 Å². The maximum absolute atomic E-state index is 10.9. The smallest absolute Gasteiger partial charge is 0.288 e. The molecule has 19 heavy (non-hydrogen) atoms. The van der Waals surface area contributed by atoms with Gasteiger partial charge in [-0.1, -0.05) is 17.7 Å². The summed E-state index contributed by atoms with van der Waals surface area (Å²) in [4.78, 5) is 13.0. The molecule has 102 valence electrons. The van der Waals surface area contributed by atoms with E-state index in [4.69, 9.17) is 11.6 Å². The summed E-state index contributed by atoms with van der Waals surface area (Å²) in [5.41, 5.74) is 1.00. The molecule has 2 aliphatic carbocycles. The summed E-state index contributed by atoms with van der Waals surface area (Å²) in [6.45, 7) is 1.94. The van der Waals surface area contributed by atoms with Gasteiger partial charge in [0.15, 0.2) is 0 Å². The first kappa shape index (κ1) is 12.9. The zero-order valence-electron chi connectivity index (χ0n) is 10.7. The number of hydrogen-bond acceptors (Lipinski definition) is 3. The van der Waals surface area contributed by atoms with E-state index in [1.54, 1.807) is 12.1 Å². The number of nitro groups is 1. The molecule has 0 bridgehead atoms.